The number of nitrogens with zero attached hydrogens (tertiary/aromatic N) is 2. The van der Waals surface area contributed by atoms with Crippen LogP contribution < -0.4 is 10.6 Å². The van der Waals surface area contributed by atoms with E-state index in [1.165, 1.54) is 0 Å². The fraction of sp³-hybridized carbons (Fsp3) is 0.833. The van der Waals surface area contributed by atoms with Crippen molar-refractivity contribution < 1.29 is 9.59 Å². The van der Waals surface area contributed by atoms with Crippen molar-refractivity contribution in [3.63, 3.8) is 0 Å². The number of amides is 3. The summed E-state index contributed by atoms with van der Waals surface area (Å²) >= 11 is 0. The first kappa shape index (κ1) is 13.1. The molecule has 6 heteroatoms. The van der Waals surface area contributed by atoms with Crippen LogP contribution in [0.4, 0.5) is 4.79 Å². The minimum atomic E-state index is -0.101. The lowest BCUT2D eigenvalue weighted by molar-refractivity contribution is -0.121. The third-order valence-corrected chi connectivity index (χ3v) is 3.71. The fourth-order valence-corrected chi connectivity index (χ4v) is 2.66. The molecule has 0 bridgehead atoms. The highest BCUT2D eigenvalue weighted by Gasteiger charge is 2.32. The number of likely N-dealkylation sites (N-methyl/N-ethyl adjacent to an activating group) is 1. The molecule has 0 radical (unpaired) electrons. The van der Waals surface area contributed by atoms with Gasteiger partial charge >= 0.3 is 6.03 Å². The summed E-state index contributed by atoms with van der Waals surface area (Å²) in [6.07, 6.45) is 2.98. The van der Waals surface area contributed by atoms with Gasteiger partial charge < -0.3 is 20.4 Å². The van der Waals surface area contributed by atoms with Gasteiger partial charge in [0.1, 0.15) is 6.54 Å². The molecule has 2 aliphatic rings. The Hall–Kier alpha value is -1.30. The van der Waals surface area contributed by atoms with Crippen molar-refractivity contribution in [3.8, 4) is 0 Å². The summed E-state index contributed by atoms with van der Waals surface area (Å²) in [6, 6.07) is 0.364. The average Bonchev–Trinajstić information content (AvgIpc) is 2.42. The van der Waals surface area contributed by atoms with Gasteiger partial charge in [0, 0.05) is 26.2 Å². The van der Waals surface area contributed by atoms with Gasteiger partial charge in [0.2, 0.25) is 5.91 Å². The molecule has 0 aromatic carbocycles. The number of rotatable bonds is 3. The average molecular weight is 254 g/mol. The molecule has 0 unspecified atom stereocenters. The maximum Gasteiger partial charge on any atom is 0.320 e. The molecule has 0 aromatic heterocycles. The molecule has 0 saturated carbocycles. The predicted octanol–water partition coefficient (Wildman–Crippen LogP) is -0.388. The monoisotopic (exact) mass is 254 g/mol. The third-order valence-electron chi connectivity index (χ3n) is 3.71. The van der Waals surface area contributed by atoms with E-state index < -0.39 is 0 Å². The molecular weight excluding hydrogens is 232 g/mol. The van der Waals surface area contributed by atoms with E-state index in [2.05, 4.69) is 10.6 Å². The first-order chi connectivity index (χ1) is 8.72. The normalized spacial score (nSPS) is 22.2. The van der Waals surface area contributed by atoms with Crippen LogP contribution in [0.15, 0.2) is 0 Å². The zero-order valence-electron chi connectivity index (χ0n) is 10.9. The third kappa shape index (κ3) is 2.93. The van der Waals surface area contributed by atoms with E-state index in [0.29, 0.717) is 12.6 Å². The van der Waals surface area contributed by atoms with E-state index in [0.717, 1.165) is 38.9 Å². The van der Waals surface area contributed by atoms with Crippen LogP contribution in [0.1, 0.15) is 19.3 Å². The van der Waals surface area contributed by atoms with Crippen LogP contribution in [0.5, 0.6) is 0 Å². The van der Waals surface area contributed by atoms with Crippen LogP contribution in [0.3, 0.4) is 0 Å². The number of carbonyl (C=O) groups is 2. The van der Waals surface area contributed by atoms with E-state index >= 15 is 0 Å². The van der Waals surface area contributed by atoms with Crippen molar-refractivity contribution >= 4 is 11.9 Å². The number of piperidine rings is 1. The highest BCUT2D eigenvalue weighted by molar-refractivity contribution is 5.84. The smallest absolute Gasteiger partial charge is 0.320 e. The molecule has 2 saturated heterocycles. The van der Waals surface area contributed by atoms with Crippen LogP contribution >= 0.6 is 0 Å². The Morgan fingerprint density at radius 1 is 1.39 bits per heavy atom. The second kappa shape index (κ2) is 6.04. The van der Waals surface area contributed by atoms with Crippen LogP contribution in [0.25, 0.3) is 0 Å². The minimum Gasteiger partial charge on any atom is -0.358 e. The number of hydrogen-bond acceptors (Lipinski definition) is 3. The van der Waals surface area contributed by atoms with Gasteiger partial charge in [0.05, 0.1) is 0 Å². The Balaban J connectivity index is 1.95. The molecule has 0 aromatic rings. The van der Waals surface area contributed by atoms with Crippen molar-refractivity contribution in [2.75, 3.05) is 39.8 Å². The lowest BCUT2D eigenvalue weighted by Gasteiger charge is -2.41. The van der Waals surface area contributed by atoms with E-state index in [1.54, 1.807) is 11.9 Å². The molecule has 2 heterocycles. The molecule has 102 valence electrons. The van der Waals surface area contributed by atoms with Gasteiger partial charge in [-0.25, -0.2) is 4.79 Å². The number of carbonyl (C=O) groups excluding carboxylic acids is 2. The number of urea groups is 1. The minimum absolute atomic E-state index is 0.0248. The lowest BCUT2D eigenvalue weighted by Crippen LogP contribution is -2.56. The van der Waals surface area contributed by atoms with Crippen molar-refractivity contribution in [2.45, 2.75) is 25.3 Å². The van der Waals surface area contributed by atoms with E-state index in [1.807, 2.05) is 4.90 Å². The zero-order valence-corrected chi connectivity index (χ0v) is 10.9. The first-order valence-corrected chi connectivity index (χ1v) is 6.69. The molecule has 0 spiro atoms. The maximum atomic E-state index is 12.3. The Morgan fingerprint density at radius 2 is 2.11 bits per heavy atom. The standard InChI is InChI=1S/C12H22N4O2/c1-13-11(17)9-15-7-2-8-16(12(15)18)10-3-5-14-6-4-10/h10,14H,2-9H2,1H3,(H,13,17). The summed E-state index contributed by atoms with van der Waals surface area (Å²) in [7, 11) is 1.60. The summed E-state index contributed by atoms with van der Waals surface area (Å²) in [5, 5.41) is 5.87. The largest absolute Gasteiger partial charge is 0.358 e. The highest BCUT2D eigenvalue weighted by Crippen LogP contribution is 2.18. The van der Waals surface area contributed by atoms with Crippen LogP contribution in [0, 0.1) is 0 Å². The fourth-order valence-electron chi connectivity index (χ4n) is 2.66. The highest BCUT2D eigenvalue weighted by atomic mass is 16.2. The van der Waals surface area contributed by atoms with Gasteiger partial charge in [-0.2, -0.15) is 0 Å². The molecule has 2 aliphatic heterocycles. The van der Waals surface area contributed by atoms with Gasteiger partial charge in [0.15, 0.2) is 0 Å². The Labute approximate surface area is 108 Å². The Kier molecular flexibility index (Phi) is 4.41. The number of nitrogens with one attached hydrogen (secondary N) is 2. The van der Waals surface area contributed by atoms with Crippen LogP contribution in [-0.4, -0.2) is 67.6 Å². The molecule has 3 amide bonds. The van der Waals surface area contributed by atoms with E-state index in [4.69, 9.17) is 0 Å². The van der Waals surface area contributed by atoms with Gasteiger partial charge in [-0.3, -0.25) is 4.79 Å². The van der Waals surface area contributed by atoms with Gasteiger partial charge in [-0.05, 0) is 32.4 Å². The molecule has 0 atom stereocenters. The maximum absolute atomic E-state index is 12.3. The zero-order chi connectivity index (χ0) is 13.0. The van der Waals surface area contributed by atoms with Crippen molar-refractivity contribution in [1.29, 1.82) is 0 Å². The van der Waals surface area contributed by atoms with Crippen molar-refractivity contribution in [2.24, 2.45) is 0 Å². The molecule has 2 fully saturated rings. The first-order valence-electron chi connectivity index (χ1n) is 6.69. The Morgan fingerprint density at radius 3 is 2.78 bits per heavy atom. The van der Waals surface area contributed by atoms with Crippen molar-refractivity contribution in [3.05, 3.63) is 0 Å². The van der Waals surface area contributed by atoms with Gasteiger partial charge in [-0.15, -0.1) is 0 Å². The molecule has 2 rings (SSSR count). The quantitative estimate of drug-likeness (QED) is 0.721. The summed E-state index contributed by atoms with van der Waals surface area (Å²) in [5.41, 5.74) is 0. The van der Waals surface area contributed by atoms with Crippen LogP contribution in [0.2, 0.25) is 0 Å². The summed E-state index contributed by atoms with van der Waals surface area (Å²) in [4.78, 5) is 27.3. The molecule has 18 heavy (non-hydrogen) atoms. The van der Waals surface area contributed by atoms with Gasteiger partial charge in [-0.1, -0.05) is 0 Å². The summed E-state index contributed by atoms with van der Waals surface area (Å²) in [6.45, 7) is 3.64. The SMILES string of the molecule is CNC(=O)CN1CCCN(C2CCNCC2)C1=O. The molecule has 2 N–H and O–H groups in total. The molecule has 0 aliphatic carbocycles. The van der Waals surface area contributed by atoms with Crippen molar-refractivity contribution in [1.82, 2.24) is 20.4 Å². The summed E-state index contributed by atoms with van der Waals surface area (Å²) < 4.78 is 0. The molecule has 6 nitrogen and oxygen atoms in total. The second-order valence-electron chi connectivity index (χ2n) is 4.91. The van der Waals surface area contributed by atoms with Crippen LogP contribution in [-0.2, 0) is 4.79 Å². The number of hydrogen-bond donors (Lipinski definition) is 2. The summed E-state index contributed by atoms with van der Waals surface area (Å²) in [5.74, 6) is -0.101. The predicted molar refractivity (Wildman–Crippen MR) is 68.3 cm³/mol. The topological polar surface area (TPSA) is 64.7 Å². The van der Waals surface area contributed by atoms with E-state index in [-0.39, 0.29) is 18.5 Å². The second-order valence-corrected chi connectivity index (χ2v) is 4.91. The Bertz CT molecular complexity index is 315. The lowest BCUT2D eigenvalue weighted by atomic mass is 10.0. The molecular formula is C12H22N4O2. The van der Waals surface area contributed by atoms with E-state index in [9.17, 15) is 9.59 Å². The van der Waals surface area contributed by atoms with Gasteiger partial charge in [0.25, 0.3) is 0 Å².